The molecule has 3 nitrogen and oxygen atoms in total. The van der Waals surface area contributed by atoms with E-state index >= 15 is 0 Å². The summed E-state index contributed by atoms with van der Waals surface area (Å²) < 4.78 is 5.79. The lowest BCUT2D eigenvalue weighted by Gasteiger charge is -2.41. The molecular weight excluding hydrogens is 224 g/mol. The first-order chi connectivity index (χ1) is 8.52. The van der Waals surface area contributed by atoms with Crippen molar-refractivity contribution in [2.24, 2.45) is 11.1 Å². The van der Waals surface area contributed by atoms with E-state index in [0.29, 0.717) is 12.1 Å². The molecule has 1 saturated heterocycles. The molecule has 0 aromatic heterocycles. The summed E-state index contributed by atoms with van der Waals surface area (Å²) in [6, 6.07) is 0.689. The van der Waals surface area contributed by atoms with Crippen molar-refractivity contribution in [1.82, 2.24) is 4.90 Å². The molecular formula is C15H32N2O. The molecule has 0 radical (unpaired) electrons. The van der Waals surface area contributed by atoms with Gasteiger partial charge in [0.15, 0.2) is 0 Å². The molecule has 1 heterocycles. The van der Waals surface area contributed by atoms with Crippen LogP contribution < -0.4 is 5.73 Å². The summed E-state index contributed by atoms with van der Waals surface area (Å²) in [5.74, 6) is 0. The van der Waals surface area contributed by atoms with Gasteiger partial charge in [0.05, 0.1) is 6.10 Å². The van der Waals surface area contributed by atoms with Gasteiger partial charge < -0.3 is 10.5 Å². The van der Waals surface area contributed by atoms with Crippen molar-refractivity contribution in [3.05, 3.63) is 0 Å². The molecule has 2 unspecified atom stereocenters. The summed E-state index contributed by atoms with van der Waals surface area (Å²) in [7, 11) is 0. The summed E-state index contributed by atoms with van der Waals surface area (Å²) in [5.41, 5.74) is 6.10. The average molecular weight is 256 g/mol. The van der Waals surface area contributed by atoms with E-state index in [1.165, 1.54) is 25.8 Å². The van der Waals surface area contributed by atoms with Crippen molar-refractivity contribution >= 4 is 0 Å². The van der Waals surface area contributed by atoms with E-state index in [1.807, 2.05) is 0 Å². The van der Waals surface area contributed by atoms with Gasteiger partial charge >= 0.3 is 0 Å². The van der Waals surface area contributed by atoms with Crippen LogP contribution in [0.5, 0.6) is 0 Å². The summed E-state index contributed by atoms with van der Waals surface area (Å²) in [4.78, 5) is 2.65. The summed E-state index contributed by atoms with van der Waals surface area (Å²) in [6.45, 7) is 13.0. The van der Waals surface area contributed by atoms with E-state index in [4.69, 9.17) is 10.5 Å². The molecule has 0 aromatic rings. The summed E-state index contributed by atoms with van der Waals surface area (Å²) in [5, 5.41) is 0. The van der Waals surface area contributed by atoms with E-state index in [2.05, 4.69) is 32.6 Å². The van der Waals surface area contributed by atoms with Crippen LogP contribution in [0.2, 0.25) is 0 Å². The molecule has 3 heteroatoms. The zero-order valence-corrected chi connectivity index (χ0v) is 12.7. The number of nitrogens with two attached hydrogens (primary N) is 1. The fourth-order valence-electron chi connectivity index (χ4n) is 2.77. The standard InChI is InChI=1S/C15H32N2O/c1-5-8-17(12-15(3,4)11-16)13-7-9-18-14(6-2)10-13/h13-14H,5-12,16H2,1-4H3. The Morgan fingerprint density at radius 1 is 1.33 bits per heavy atom. The van der Waals surface area contributed by atoms with Crippen LogP contribution in [0.25, 0.3) is 0 Å². The average Bonchev–Trinajstić information content (AvgIpc) is 2.38. The summed E-state index contributed by atoms with van der Waals surface area (Å²) >= 11 is 0. The molecule has 1 fully saturated rings. The molecule has 0 bridgehead atoms. The lowest BCUT2D eigenvalue weighted by molar-refractivity contribution is -0.0345. The topological polar surface area (TPSA) is 38.5 Å². The third-order valence-corrected chi connectivity index (χ3v) is 4.01. The summed E-state index contributed by atoms with van der Waals surface area (Å²) in [6.07, 6.45) is 5.18. The van der Waals surface area contributed by atoms with Crippen LogP contribution in [0, 0.1) is 5.41 Å². The van der Waals surface area contributed by atoms with Gasteiger partial charge in [-0.25, -0.2) is 0 Å². The molecule has 0 aromatic carbocycles. The lowest BCUT2D eigenvalue weighted by atomic mass is 9.90. The second-order valence-electron chi connectivity index (χ2n) is 6.42. The highest BCUT2D eigenvalue weighted by atomic mass is 16.5. The van der Waals surface area contributed by atoms with Gasteiger partial charge in [0.25, 0.3) is 0 Å². The minimum atomic E-state index is 0.217. The van der Waals surface area contributed by atoms with Crippen LogP contribution in [0.1, 0.15) is 53.4 Å². The maximum atomic E-state index is 5.88. The molecule has 18 heavy (non-hydrogen) atoms. The zero-order valence-electron chi connectivity index (χ0n) is 12.7. The van der Waals surface area contributed by atoms with Gasteiger partial charge in [0.2, 0.25) is 0 Å². The van der Waals surface area contributed by atoms with Gasteiger partial charge in [0.1, 0.15) is 0 Å². The minimum absolute atomic E-state index is 0.217. The van der Waals surface area contributed by atoms with E-state index < -0.39 is 0 Å². The van der Waals surface area contributed by atoms with Gasteiger partial charge in [-0.1, -0.05) is 27.7 Å². The van der Waals surface area contributed by atoms with Crippen molar-refractivity contribution < 1.29 is 4.74 Å². The van der Waals surface area contributed by atoms with Gasteiger partial charge in [-0.3, -0.25) is 4.90 Å². The Kier molecular flexibility index (Phi) is 6.61. The fraction of sp³-hybridized carbons (Fsp3) is 1.00. The highest BCUT2D eigenvalue weighted by Gasteiger charge is 2.29. The Bertz CT molecular complexity index is 231. The van der Waals surface area contributed by atoms with E-state index in [-0.39, 0.29) is 5.41 Å². The molecule has 1 aliphatic heterocycles. The first kappa shape index (κ1) is 15.9. The van der Waals surface area contributed by atoms with Gasteiger partial charge in [-0.2, -0.15) is 0 Å². The Morgan fingerprint density at radius 3 is 2.61 bits per heavy atom. The molecule has 0 saturated carbocycles. The third-order valence-electron chi connectivity index (χ3n) is 4.01. The van der Waals surface area contributed by atoms with Crippen molar-refractivity contribution in [2.75, 3.05) is 26.2 Å². The predicted octanol–water partition coefficient (Wildman–Crippen LogP) is 2.64. The number of rotatable bonds is 7. The van der Waals surface area contributed by atoms with Crippen LogP contribution in [0.15, 0.2) is 0 Å². The Morgan fingerprint density at radius 2 is 2.06 bits per heavy atom. The van der Waals surface area contributed by atoms with Crippen LogP contribution in [0.3, 0.4) is 0 Å². The number of hydrogen-bond acceptors (Lipinski definition) is 3. The maximum absolute atomic E-state index is 5.88. The smallest absolute Gasteiger partial charge is 0.0587 e. The third kappa shape index (κ3) is 4.87. The van der Waals surface area contributed by atoms with Crippen LogP contribution in [-0.2, 0) is 4.74 Å². The second-order valence-corrected chi connectivity index (χ2v) is 6.42. The number of nitrogens with zero attached hydrogens (tertiary/aromatic N) is 1. The second kappa shape index (κ2) is 7.46. The highest BCUT2D eigenvalue weighted by molar-refractivity contribution is 4.83. The maximum Gasteiger partial charge on any atom is 0.0587 e. The number of hydrogen-bond donors (Lipinski definition) is 1. The van der Waals surface area contributed by atoms with E-state index in [9.17, 15) is 0 Å². The molecule has 1 aliphatic rings. The molecule has 0 aliphatic carbocycles. The van der Waals surface area contributed by atoms with Gasteiger partial charge in [-0.05, 0) is 44.2 Å². The normalized spacial score (nSPS) is 25.7. The van der Waals surface area contributed by atoms with E-state index in [1.54, 1.807) is 0 Å². The minimum Gasteiger partial charge on any atom is -0.378 e. The van der Waals surface area contributed by atoms with Crippen molar-refractivity contribution in [1.29, 1.82) is 0 Å². The van der Waals surface area contributed by atoms with Gasteiger partial charge in [0, 0.05) is 19.2 Å². The largest absolute Gasteiger partial charge is 0.378 e. The van der Waals surface area contributed by atoms with Gasteiger partial charge in [-0.15, -0.1) is 0 Å². The van der Waals surface area contributed by atoms with Crippen LogP contribution in [-0.4, -0.2) is 43.3 Å². The van der Waals surface area contributed by atoms with Crippen molar-refractivity contribution in [2.45, 2.75) is 65.5 Å². The molecule has 2 N–H and O–H groups in total. The molecule has 0 amide bonds. The zero-order chi connectivity index (χ0) is 13.6. The number of ether oxygens (including phenoxy) is 1. The fourth-order valence-corrected chi connectivity index (χ4v) is 2.77. The van der Waals surface area contributed by atoms with Crippen molar-refractivity contribution in [3.63, 3.8) is 0 Å². The monoisotopic (exact) mass is 256 g/mol. The molecule has 108 valence electrons. The molecule has 0 spiro atoms. The highest BCUT2D eigenvalue weighted by Crippen LogP contribution is 2.25. The van der Waals surface area contributed by atoms with E-state index in [0.717, 1.165) is 26.1 Å². The van der Waals surface area contributed by atoms with Crippen molar-refractivity contribution in [3.8, 4) is 0 Å². The lowest BCUT2D eigenvalue weighted by Crippen LogP contribution is -2.48. The quantitative estimate of drug-likeness (QED) is 0.761. The predicted molar refractivity (Wildman–Crippen MR) is 77.8 cm³/mol. The van der Waals surface area contributed by atoms with Crippen LogP contribution in [0.4, 0.5) is 0 Å². The first-order valence-electron chi connectivity index (χ1n) is 7.58. The SMILES string of the molecule is CCCN(CC(C)(C)CN)C1CCOC(CC)C1. The first-order valence-corrected chi connectivity index (χ1v) is 7.58. The Labute approximate surface area is 113 Å². The Balaban J connectivity index is 2.59. The molecule has 2 atom stereocenters. The Hall–Kier alpha value is -0.120. The van der Waals surface area contributed by atoms with Crippen LogP contribution >= 0.6 is 0 Å². The molecule has 1 rings (SSSR count).